The predicted octanol–water partition coefficient (Wildman–Crippen LogP) is 4.72. The van der Waals surface area contributed by atoms with E-state index in [0.29, 0.717) is 17.8 Å². The number of Topliss-reactive ketones (excluding diaryl/α,β-unsaturated/α-hetero) is 1. The number of carbonyl (C=O) groups is 2. The van der Waals surface area contributed by atoms with Gasteiger partial charge in [-0.05, 0) is 31.5 Å². The van der Waals surface area contributed by atoms with Gasteiger partial charge in [-0.1, -0.05) is 77.9 Å². The highest BCUT2D eigenvalue weighted by atomic mass is 16.2. The van der Waals surface area contributed by atoms with Crippen LogP contribution in [0.15, 0.2) is 78.9 Å². The summed E-state index contributed by atoms with van der Waals surface area (Å²) >= 11 is 0. The lowest BCUT2D eigenvalue weighted by Crippen LogP contribution is -2.36. The van der Waals surface area contributed by atoms with E-state index >= 15 is 0 Å². The number of ketones is 1. The van der Waals surface area contributed by atoms with Crippen molar-refractivity contribution in [3.05, 3.63) is 101 Å². The Morgan fingerprint density at radius 3 is 1.85 bits per heavy atom. The van der Waals surface area contributed by atoms with Gasteiger partial charge in [-0.3, -0.25) is 9.59 Å². The van der Waals surface area contributed by atoms with Gasteiger partial charge >= 0.3 is 0 Å². The number of hydrogen-bond acceptors (Lipinski definition) is 2. The van der Waals surface area contributed by atoms with Crippen LogP contribution in [0, 0.1) is 13.8 Å². The lowest BCUT2D eigenvalue weighted by atomic mass is 10.1. The first-order valence-corrected chi connectivity index (χ1v) is 8.58. The van der Waals surface area contributed by atoms with Gasteiger partial charge in [0.05, 0.1) is 6.54 Å². The molecule has 3 aromatic carbocycles. The molecule has 3 rings (SSSR count). The van der Waals surface area contributed by atoms with Crippen LogP contribution in [0.4, 0.5) is 5.69 Å². The van der Waals surface area contributed by atoms with Crippen LogP contribution in [0.2, 0.25) is 0 Å². The van der Waals surface area contributed by atoms with E-state index in [-0.39, 0.29) is 0 Å². The summed E-state index contributed by atoms with van der Waals surface area (Å²) in [5.74, 6) is -1.02. The van der Waals surface area contributed by atoms with Crippen molar-refractivity contribution in [3.63, 3.8) is 0 Å². The van der Waals surface area contributed by atoms with Gasteiger partial charge in [0, 0.05) is 11.3 Å². The molecule has 26 heavy (non-hydrogen) atoms. The van der Waals surface area contributed by atoms with Crippen LogP contribution in [0.1, 0.15) is 27.0 Å². The normalized spacial score (nSPS) is 10.4. The van der Waals surface area contributed by atoms with E-state index < -0.39 is 11.7 Å². The fourth-order valence-corrected chi connectivity index (χ4v) is 2.72. The van der Waals surface area contributed by atoms with E-state index in [1.165, 1.54) is 4.90 Å². The highest BCUT2D eigenvalue weighted by Crippen LogP contribution is 2.20. The summed E-state index contributed by atoms with van der Waals surface area (Å²) in [6.45, 7) is 4.29. The third-order valence-electron chi connectivity index (χ3n) is 4.28. The Labute approximate surface area is 153 Å². The highest BCUT2D eigenvalue weighted by Gasteiger charge is 2.24. The fraction of sp³-hybridized carbons (Fsp3) is 0.130. The van der Waals surface area contributed by atoms with Crippen molar-refractivity contribution in [1.29, 1.82) is 0 Å². The van der Waals surface area contributed by atoms with Crippen molar-refractivity contribution in [1.82, 2.24) is 0 Å². The molecule has 0 aliphatic rings. The largest absolute Gasteiger partial charge is 0.301 e. The maximum atomic E-state index is 13.0. The number of nitrogens with zero attached hydrogens (tertiary/aromatic N) is 1. The van der Waals surface area contributed by atoms with Crippen molar-refractivity contribution in [3.8, 4) is 0 Å². The van der Waals surface area contributed by atoms with Crippen molar-refractivity contribution < 1.29 is 9.59 Å². The third kappa shape index (κ3) is 4.06. The monoisotopic (exact) mass is 343 g/mol. The number of benzene rings is 3. The van der Waals surface area contributed by atoms with Crippen LogP contribution < -0.4 is 4.90 Å². The molecule has 0 spiro atoms. The zero-order chi connectivity index (χ0) is 18.5. The minimum absolute atomic E-state index is 0.348. The van der Waals surface area contributed by atoms with Gasteiger partial charge in [-0.2, -0.15) is 0 Å². The number of amides is 1. The Kier molecular flexibility index (Phi) is 5.28. The quantitative estimate of drug-likeness (QED) is 0.496. The molecule has 0 aliphatic carbocycles. The molecule has 0 fully saturated rings. The molecule has 0 radical (unpaired) electrons. The maximum Gasteiger partial charge on any atom is 0.299 e. The maximum absolute atomic E-state index is 13.0. The first-order valence-electron chi connectivity index (χ1n) is 8.58. The Morgan fingerprint density at radius 2 is 1.27 bits per heavy atom. The molecule has 0 saturated heterocycles. The number of hydrogen-bond donors (Lipinski definition) is 0. The Bertz CT molecular complexity index is 897. The number of aryl methyl sites for hydroxylation is 2. The predicted molar refractivity (Wildman–Crippen MR) is 104 cm³/mol. The van der Waals surface area contributed by atoms with Crippen LogP contribution in [0.25, 0.3) is 0 Å². The summed E-state index contributed by atoms with van der Waals surface area (Å²) < 4.78 is 0. The van der Waals surface area contributed by atoms with E-state index in [1.54, 1.807) is 12.1 Å². The van der Waals surface area contributed by atoms with Gasteiger partial charge in [0.25, 0.3) is 11.7 Å². The van der Waals surface area contributed by atoms with Gasteiger partial charge in [0.1, 0.15) is 0 Å². The van der Waals surface area contributed by atoms with Crippen LogP contribution >= 0.6 is 0 Å². The molecule has 3 heteroatoms. The molecule has 0 aromatic heterocycles. The standard InChI is InChI=1S/C23H21NO2/c1-17-8-12-20(13-9-17)22(25)23(26)24(16-19-6-4-3-5-7-19)21-14-10-18(2)11-15-21/h3-15H,16H2,1-2H3. The van der Waals surface area contributed by atoms with E-state index in [9.17, 15) is 9.59 Å². The van der Waals surface area contributed by atoms with E-state index in [1.807, 2.05) is 80.6 Å². The van der Waals surface area contributed by atoms with Crippen molar-refractivity contribution in [2.75, 3.05) is 4.90 Å². The Hall–Kier alpha value is -3.20. The molecule has 0 bridgehead atoms. The number of carbonyl (C=O) groups excluding carboxylic acids is 2. The zero-order valence-corrected chi connectivity index (χ0v) is 15.0. The molecule has 3 aromatic rings. The topological polar surface area (TPSA) is 37.4 Å². The lowest BCUT2D eigenvalue weighted by Gasteiger charge is -2.22. The molecule has 0 saturated carbocycles. The fourth-order valence-electron chi connectivity index (χ4n) is 2.72. The molecular weight excluding hydrogens is 322 g/mol. The van der Waals surface area contributed by atoms with Crippen molar-refractivity contribution >= 4 is 17.4 Å². The third-order valence-corrected chi connectivity index (χ3v) is 4.28. The summed E-state index contributed by atoms with van der Waals surface area (Å²) in [6.07, 6.45) is 0. The molecule has 1 amide bonds. The minimum atomic E-state index is -0.526. The number of anilines is 1. The van der Waals surface area contributed by atoms with Gasteiger partial charge < -0.3 is 4.90 Å². The summed E-state index contributed by atoms with van der Waals surface area (Å²) in [5, 5.41) is 0. The molecule has 0 unspecified atom stereocenters. The molecule has 0 heterocycles. The van der Waals surface area contributed by atoms with Crippen molar-refractivity contribution in [2.24, 2.45) is 0 Å². The molecule has 130 valence electrons. The van der Waals surface area contributed by atoms with Crippen LogP contribution in [-0.4, -0.2) is 11.7 Å². The van der Waals surface area contributed by atoms with Gasteiger partial charge in [-0.25, -0.2) is 0 Å². The average Bonchev–Trinajstić information content (AvgIpc) is 2.67. The highest BCUT2D eigenvalue weighted by molar-refractivity contribution is 6.47. The lowest BCUT2D eigenvalue weighted by molar-refractivity contribution is -0.114. The van der Waals surface area contributed by atoms with E-state index in [4.69, 9.17) is 0 Å². The van der Waals surface area contributed by atoms with Crippen molar-refractivity contribution in [2.45, 2.75) is 20.4 Å². The van der Waals surface area contributed by atoms with Crippen LogP contribution in [0.3, 0.4) is 0 Å². The minimum Gasteiger partial charge on any atom is -0.301 e. The van der Waals surface area contributed by atoms with Gasteiger partial charge in [0.15, 0.2) is 0 Å². The van der Waals surface area contributed by atoms with Gasteiger partial charge in [-0.15, -0.1) is 0 Å². The zero-order valence-electron chi connectivity index (χ0n) is 15.0. The smallest absolute Gasteiger partial charge is 0.299 e. The van der Waals surface area contributed by atoms with E-state index in [2.05, 4.69) is 0 Å². The molecular formula is C23H21NO2. The molecule has 0 N–H and O–H groups in total. The second kappa shape index (κ2) is 7.79. The first-order chi connectivity index (χ1) is 12.5. The van der Waals surface area contributed by atoms with Crippen LogP contribution in [0.5, 0.6) is 0 Å². The first kappa shape index (κ1) is 17.6. The van der Waals surface area contributed by atoms with E-state index in [0.717, 1.165) is 16.7 Å². The Balaban J connectivity index is 1.93. The van der Waals surface area contributed by atoms with Gasteiger partial charge in [0.2, 0.25) is 0 Å². The molecule has 0 aliphatic heterocycles. The SMILES string of the molecule is Cc1ccc(C(=O)C(=O)N(Cc2ccccc2)c2ccc(C)cc2)cc1. The second-order valence-corrected chi connectivity index (χ2v) is 6.41. The number of rotatable bonds is 5. The average molecular weight is 343 g/mol. The van der Waals surface area contributed by atoms with Crippen LogP contribution in [-0.2, 0) is 11.3 Å². The molecule has 0 atom stereocenters. The Morgan fingerprint density at radius 1 is 0.731 bits per heavy atom. The summed E-state index contributed by atoms with van der Waals surface area (Å²) in [4.78, 5) is 27.3. The molecule has 3 nitrogen and oxygen atoms in total. The summed E-state index contributed by atoms with van der Waals surface area (Å²) in [7, 11) is 0. The summed E-state index contributed by atoms with van der Waals surface area (Å²) in [6, 6.07) is 24.4. The summed E-state index contributed by atoms with van der Waals surface area (Å²) in [5.41, 5.74) is 4.24. The second-order valence-electron chi connectivity index (χ2n) is 6.41.